The zero-order chi connectivity index (χ0) is 20.0. The normalized spacial score (nSPS) is 11.3. The lowest BCUT2D eigenvalue weighted by atomic mass is 10.2. The smallest absolute Gasteiger partial charge is 0.344 e. The number of carbonyl (C=O) groups is 1. The maximum absolute atomic E-state index is 11.8. The Balaban J connectivity index is 1.77. The van der Waals surface area contributed by atoms with E-state index in [9.17, 15) is 4.79 Å². The van der Waals surface area contributed by atoms with Crippen LogP contribution >= 0.6 is 7.92 Å². The Kier molecular flexibility index (Phi) is 6.49. The highest BCUT2D eigenvalue weighted by atomic mass is 31.1. The molecule has 0 unspecified atom stereocenters. The molecule has 3 aromatic rings. The zero-order valence-electron chi connectivity index (χ0n) is 16.5. The molecule has 3 nitrogen and oxygen atoms in total. The Morgan fingerprint density at radius 1 is 0.750 bits per heavy atom. The summed E-state index contributed by atoms with van der Waals surface area (Å²) in [6.45, 7) is 5.43. The second-order valence-corrected chi connectivity index (χ2v) is 9.60. The third-order valence-corrected chi connectivity index (χ3v) is 6.34. The van der Waals surface area contributed by atoms with Crippen molar-refractivity contribution in [3.05, 3.63) is 84.9 Å². The highest BCUT2D eigenvalue weighted by Crippen LogP contribution is 2.33. The topological polar surface area (TPSA) is 35.5 Å². The van der Waals surface area contributed by atoms with Gasteiger partial charge in [-0.3, -0.25) is 0 Å². The second-order valence-electron chi connectivity index (χ2n) is 7.38. The van der Waals surface area contributed by atoms with Crippen molar-refractivity contribution in [3.63, 3.8) is 0 Å². The standard InChI is InChI=1S/C24H25O3P/c1-24(2,3)27-23(25)18-26-19-14-16-22(17-15-19)28(20-10-6-4-7-11-20)21-12-8-5-9-13-21/h4-17H,18H2,1-3H3. The van der Waals surface area contributed by atoms with E-state index in [1.54, 1.807) is 0 Å². The monoisotopic (exact) mass is 392 g/mol. The quantitative estimate of drug-likeness (QED) is 0.467. The maximum atomic E-state index is 11.8. The van der Waals surface area contributed by atoms with E-state index in [1.807, 2.05) is 45.0 Å². The van der Waals surface area contributed by atoms with E-state index in [4.69, 9.17) is 9.47 Å². The largest absolute Gasteiger partial charge is 0.482 e. The fourth-order valence-corrected chi connectivity index (χ4v) is 5.09. The predicted molar refractivity (Wildman–Crippen MR) is 116 cm³/mol. The van der Waals surface area contributed by atoms with Crippen molar-refractivity contribution in [2.24, 2.45) is 0 Å². The maximum Gasteiger partial charge on any atom is 0.344 e. The number of hydrogen-bond donors (Lipinski definition) is 0. The van der Waals surface area contributed by atoms with Gasteiger partial charge < -0.3 is 9.47 Å². The summed E-state index contributed by atoms with van der Waals surface area (Å²) >= 11 is 0. The first-order valence-corrected chi connectivity index (χ1v) is 10.6. The molecule has 0 bridgehead atoms. The molecule has 0 saturated heterocycles. The lowest BCUT2D eigenvalue weighted by Crippen LogP contribution is -2.27. The molecule has 0 aliphatic rings. The van der Waals surface area contributed by atoms with Gasteiger partial charge in [0.15, 0.2) is 6.61 Å². The predicted octanol–water partition coefficient (Wildman–Crippen LogP) is 4.17. The number of rotatable bonds is 6. The van der Waals surface area contributed by atoms with Crippen LogP contribution in [0.5, 0.6) is 5.75 Å². The number of esters is 1. The molecule has 3 rings (SSSR count). The Bertz CT molecular complexity index is 845. The second kappa shape index (κ2) is 9.03. The van der Waals surface area contributed by atoms with Gasteiger partial charge in [-0.2, -0.15) is 0 Å². The SMILES string of the molecule is CC(C)(C)OC(=O)COc1ccc(P(c2ccccc2)c2ccccc2)cc1. The fourth-order valence-electron chi connectivity index (χ4n) is 2.81. The molecule has 0 spiro atoms. The van der Waals surface area contributed by atoms with Gasteiger partial charge in [0.1, 0.15) is 11.4 Å². The van der Waals surface area contributed by atoms with Crippen molar-refractivity contribution in [3.8, 4) is 5.75 Å². The molecule has 28 heavy (non-hydrogen) atoms. The first-order valence-electron chi connectivity index (χ1n) is 9.27. The van der Waals surface area contributed by atoms with Crippen molar-refractivity contribution >= 4 is 29.8 Å². The van der Waals surface area contributed by atoms with E-state index in [1.165, 1.54) is 15.9 Å². The molecule has 0 aliphatic heterocycles. The van der Waals surface area contributed by atoms with Crippen molar-refractivity contribution in [2.45, 2.75) is 26.4 Å². The van der Waals surface area contributed by atoms with Crippen LogP contribution in [0.4, 0.5) is 0 Å². The van der Waals surface area contributed by atoms with Crippen molar-refractivity contribution in [1.29, 1.82) is 0 Å². The first-order chi connectivity index (χ1) is 13.4. The molecule has 0 fully saturated rings. The average Bonchev–Trinajstić information content (AvgIpc) is 2.68. The van der Waals surface area contributed by atoms with Gasteiger partial charge in [-0.25, -0.2) is 4.79 Å². The summed E-state index contributed by atoms with van der Waals surface area (Å²) < 4.78 is 10.9. The van der Waals surface area contributed by atoms with E-state index in [2.05, 4.69) is 60.7 Å². The molecule has 0 amide bonds. The summed E-state index contributed by atoms with van der Waals surface area (Å²) in [5.41, 5.74) is -0.508. The van der Waals surface area contributed by atoms with Gasteiger partial charge >= 0.3 is 5.97 Å². The van der Waals surface area contributed by atoms with Crippen LogP contribution in [-0.2, 0) is 9.53 Å². The van der Waals surface area contributed by atoms with Gasteiger partial charge in [0.05, 0.1) is 0 Å². The van der Waals surface area contributed by atoms with Crippen LogP contribution in [0.25, 0.3) is 0 Å². The Hall–Kier alpha value is -2.64. The molecule has 4 heteroatoms. The molecular weight excluding hydrogens is 367 g/mol. The van der Waals surface area contributed by atoms with E-state index in [0.29, 0.717) is 5.75 Å². The van der Waals surface area contributed by atoms with Crippen LogP contribution < -0.4 is 20.7 Å². The minimum atomic E-state index is -0.646. The summed E-state index contributed by atoms with van der Waals surface area (Å²) in [7, 11) is -0.646. The molecular formula is C24H25O3P. The molecule has 3 aromatic carbocycles. The van der Waals surface area contributed by atoms with Crippen molar-refractivity contribution < 1.29 is 14.3 Å². The number of benzene rings is 3. The molecule has 0 atom stereocenters. The van der Waals surface area contributed by atoms with Gasteiger partial charge in [-0.05, 0) is 56.7 Å². The van der Waals surface area contributed by atoms with Crippen LogP contribution in [0, 0.1) is 0 Å². The van der Waals surface area contributed by atoms with Gasteiger partial charge in [-0.1, -0.05) is 72.8 Å². The minimum absolute atomic E-state index is 0.0945. The van der Waals surface area contributed by atoms with E-state index >= 15 is 0 Å². The van der Waals surface area contributed by atoms with Crippen LogP contribution in [0.15, 0.2) is 84.9 Å². The van der Waals surface area contributed by atoms with Gasteiger partial charge in [0.25, 0.3) is 0 Å². The summed E-state index contributed by atoms with van der Waals surface area (Å²) in [5, 5.41) is 3.83. The van der Waals surface area contributed by atoms with Crippen LogP contribution in [0.3, 0.4) is 0 Å². The Labute approximate surface area is 168 Å². The van der Waals surface area contributed by atoms with E-state index in [-0.39, 0.29) is 12.6 Å². The summed E-state index contributed by atoms with van der Waals surface area (Å²) in [6, 6.07) is 29.1. The lowest BCUT2D eigenvalue weighted by molar-refractivity contribution is -0.157. The number of ether oxygens (including phenoxy) is 2. The van der Waals surface area contributed by atoms with Crippen molar-refractivity contribution in [1.82, 2.24) is 0 Å². The molecule has 0 heterocycles. The van der Waals surface area contributed by atoms with Gasteiger partial charge in [0, 0.05) is 0 Å². The third-order valence-electron chi connectivity index (χ3n) is 3.90. The average molecular weight is 392 g/mol. The zero-order valence-corrected chi connectivity index (χ0v) is 17.4. The van der Waals surface area contributed by atoms with Crippen LogP contribution in [0.2, 0.25) is 0 Å². The van der Waals surface area contributed by atoms with Crippen LogP contribution in [-0.4, -0.2) is 18.2 Å². The number of hydrogen-bond acceptors (Lipinski definition) is 3. The van der Waals surface area contributed by atoms with Gasteiger partial charge in [-0.15, -0.1) is 0 Å². The summed E-state index contributed by atoms with van der Waals surface area (Å²) in [6.07, 6.45) is 0. The highest BCUT2D eigenvalue weighted by Gasteiger charge is 2.18. The summed E-state index contributed by atoms with van der Waals surface area (Å²) in [4.78, 5) is 11.8. The molecule has 0 aliphatic carbocycles. The van der Waals surface area contributed by atoms with Gasteiger partial charge in [0.2, 0.25) is 0 Å². The van der Waals surface area contributed by atoms with Crippen LogP contribution in [0.1, 0.15) is 20.8 Å². The molecule has 144 valence electrons. The first kappa shape index (κ1) is 20.1. The lowest BCUT2D eigenvalue weighted by Gasteiger charge is -2.20. The Morgan fingerprint density at radius 2 is 1.21 bits per heavy atom. The molecule has 0 aromatic heterocycles. The fraction of sp³-hybridized carbons (Fsp3) is 0.208. The van der Waals surface area contributed by atoms with E-state index < -0.39 is 13.5 Å². The Morgan fingerprint density at radius 3 is 1.68 bits per heavy atom. The summed E-state index contributed by atoms with van der Waals surface area (Å²) in [5.74, 6) is 0.290. The molecule has 0 N–H and O–H groups in total. The number of carbonyl (C=O) groups excluding carboxylic acids is 1. The minimum Gasteiger partial charge on any atom is -0.482 e. The molecule has 0 saturated carbocycles. The molecule has 0 radical (unpaired) electrons. The van der Waals surface area contributed by atoms with Crippen molar-refractivity contribution in [2.75, 3.05) is 6.61 Å². The van der Waals surface area contributed by atoms with E-state index in [0.717, 1.165) is 0 Å². The highest BCUT2D eigenvalue weighted by molar-refractivity contribution is 7.79. The third kappa shape index (κ3) is 5.68.